The van der Waals surface area contributed by atoms with Crippen molar-refractivity contribution in [3.63, 3.8) is 0 Å². The zero-order valence-corrected chi connectivity index (χ0v) is 13.4. The number of aromatic nitrogens is 1. The Morgan fingerprint density at radius 1 is 0.955 bits per heavy atom. The molecule has 3 rings (SSSR count). The highest BCUT2D eigenvalue weighted by Gasteiger charge is 2.00. The van der Waals surface area contributed by atoms with Gasteiger partial charge in [-0.1, -0.05) is 42.0 Å². The highest BCUT2D eigenvalue weighted by Crippen LogP contribution is 2.22. The molecule has 0 aliphatic carbocycles. The fourth-order valence-electron chi connectivity index (χ4n) is 2.36. The topological polar surface area (TPSA) is 16.1 Å². The summed E-state index contributed by atoms with van der Waals surface area (Å²) in [5.41, 5.74) is 4.42. The number of pyridine rings is 1. The van der Waals surface area contributed by atoms with Gasteiger partial charge in [-0.05, 0) is 41.5 Å². The van der Waals surface area contributed by atoms with E-state index in [0.717, 1.165) is 16.5 Å². The van der Waals surface area contributed by atoms with Crippen LogP contribution in [0, 0.1) is 0 Å². The van der Waals surface area contributed by atoms with Gasteiger partial charge in [0.25, 0.3) is 0 Å². The molecule has 3 heteroatoms. The first-order chi connectivity index (χ1) is 10.6. The predicted molar refractivity (Wildman–Crippen MR) is 96.5 cm³/mol. The standard InChI is InChI=1S/C19H17ClN2/c1-22(2)17-8-4-14(5-9-17)3-6-15-11-12-21-19-13-16(20)7-10-18(15)19/h3-13H,1-2H3. The molecular formula is C19H17ClN2. The Kier molecular flexibility index (Phi) is 4.12. The summed E-state index contributed by atoms with van der Waals surface area (Å²) in [5.74, 6) is 0. The molecule has 1 aromatic heterocycles. The van der Waals surface area contributed by atoms with E-state index < -0.39 is 0 Å². The Bertz CT molecular complexity index is 820. The normalized spacial score (nSPS) is 11.2. The minimum atomic E-state index is 0.709. The molecule has 110 valence electrons. The van der Waals surface area contributed by atoms with Crippen molar-refractivity contribution in [3.8, 4) is 0 Å². The Morgan fingerprint density at radius 2 is 1.73 bits per heavy atom. The third-order valence-electron chi connectivity index (χ3n) is 3.60. The number of hydrogen-bond donors (Lipinski definition) is 0. The molecule has 3 aromatic rings. The van der Waals surface area contributed by atoms with Crippen LogP contribution >= 0.6 is 11.6 Å². The van der Waals surface area contributed by atoms with E-state index in [-0.39, 0.29) is 0 Å². The van der Waals surface area contributed by atoms with Crippen LogP contribution in [0.4, 0.5) is 5.69 Å². The van der Waals surface area contributed by atoms with Gasteiger partial charge in [0, 0.05) is 36.4 Å². The first-order valence-corrected chi connectivity index (χ1v) is 7.51. The van der Waals surface area contributed by atoms with Crippen LogP contribution in [0.25, 0.3) is 23.1 Å². The second kappa shape index (κ2) is 6.20. The van der Waals surface area contributed by atoms with E-state index in [4.69, 9.17) is 11.6 Å². The Balaban J connectivity index is 1.92. The third kappa shape index (κ3) is 3.12. The summed E-state index contributed by atoms with van der Waals surface area (Å²) in [7, 11) is 4.08. The summed E-state index contributed by atoms with van der Waals surface area (Å²) in [4.78, 5) is 6.46. The minimum Gasteiger partial charge on any atom is -0.378 e. The molecular weight excluding hydrogens is 292 g/mol. The maximum Gasteiger partial charge on any atom is 0.0722 e. The number of hydrogen-bond acceptors (Lipinski definition) is 2. The first-order valence-electron chi connectivity index (χ1n) is 7.13. The maximum atomic E-state index is 6.02. The second-order valence-corrected chi connectivity index (χ2v) is 5.82. The maximum absolute atomic E-state index is 6.02. The summed E-state index contributed by atoms with van der Waals surface area (Å²) >= 11 is 6.02. The SMILES string of the molecule is CN(C)c1ccc(C=Cc2ccnc3cc(Cl)ccc23)cc1. The van der Waals surface area contributed by atoms with Crippen molar-refractivity contribution in [1.29, 1.82) is 0 Å². The zero-order chi connectivity index (χ0) is 15.5. The van der Waals surface area contributed by atoms with E-state index in [0.29, 0.717) is 5.02 Å². The van der Waals surface area contributed by atoms with Gasteiger partial charge in [0.1, 0.15) is 0 Å². The van der Waals surface area contributed by atoms with Crippen LogP contribution in [0.2, 0.25) is 5.02 Å². The largest absolute Gasteiger partial charge is 0.378 e. The minimum absolute atomic E-state index is 0.709. The van der Waals surface area contributed by atoms with Gasteiger partial charge in [-0.15, -0.1) is 0 Å². The Morgan fingerprint density at radius 3 is 2.45 bits per heavy atom. The lowest BCUT2D eigenvalue weighted by Gasteiger charge is -2.11. The molecule has 0 radical (unpaired) electrons. The van der Waals surface area contributed by atoms with Crippen LogP contribution < -0.4 is 4.90 Å². The predicted octanol–water partition coefficient (Wildman–Crippen LogP) is 5.12. The van der Waals surface area contributed by atoms with Crippen molar-refractivity contribution >= 4 is 40.3 Å². The van der Waals surface area contributed by atoms with Gasteiger partial charge in [-0.2, -0.15) is 0 Å². The molecule has 0 saturated carbocycles. The van der Waals surface area contributed by atoms with Crippen molar-refractivity contribution in [2.75, 3.05) is 19.0 Å². The molecule has 2 nitrogen and oxygen atoms in total. The monoisotopic (exact) mass is 308 g/mol. The Hall–Kier alpha value is -2.32. The number of anilines is 1. The van der Waals surface area contributed by atoms with Crippen LogP contribution in [0.5, 0.6) is 0 Å². The number of benzene rings is 2. The number of fused-ring (bicyclic) bond motifs is 1. The smallest absolute Gasteiger partial charge is 0.0722 e. The molecule has 22 heavy (non-hydrogen) atoms. The molecule has 0 fully saturated rings. The van der Waals surface area contributed by atoms with Crippen LogP contribution in [0.3, 0.4) is 0 Å². The summed E-state index contributed by atoms with van der Waals surface area (Å²) < 4.78 is 0. The van der Waals surface area contributed by atoms with Gasteiger partial charge in [0.2, 0.25) is 0 Å². The van der Waals surface area contributed by atoms with Crippen molar-refractivity contribution in [2.24, 2.45) is 0 Å². The van der Waals surface area contributed by atoms with Gasteiger partial charge in [0.15, 0.2) is 0 Å². The molecule has 0 bridgehead atoms. The average molecular weight is 309 g/mol. The number of halogens is 1. The van der Waals surface area contributed by atoms with Crippen molar-refractivity contribution in [1.82, 2.24) is 4.98 Å². The van der Waals surface area contributed by atoms with Crippen LogP contribution in [-0.4, -0.2) is 19.1 Å². The van der Waals surface area contributed by atoms with Gasteiger partial charge < -0.3 is 4.90 Å². The van der Waals surface area contributed by atoms with Crippen molar-refractivity contribution < 1.29 is 0 Å². The summed E-state index contributed by atoms with van der Waals surface area (Å²) in [6.07, 6.45) is 6.04. The molecule has 1 heterocycles. The summed E-state index contributed by atoms with van der Waals surface area (Å²) in [5, 5.41) is 1.81. The number of rotatable bonds is 3. The van der Waals surface area contributed by atoms with Crippen molar-refractivity contribution in [3.05, 3.63) is 70.9 Å². The van der Waals surface area contributed by atoms with E-state index in [2.05, 4.69) is 46.3 Å². The fourth-order valence-corrected chi connectivity index (χ4v) is 2.52. The molecule has 0 saturated heterocycles. The van der Waals surface area contributed by atoms with Crippen LogP contribution in [0.1, 0.15) is 11.1 Å². The molecule has 0 aliphatic heterocycles. The molecule has 0 atom stereocenters. The van der Waals surface area contributed by atoms with E-state index >= 15 is 0 Å². The lowest BCUT2D eigenvalue weighted by Crippen LogP contribution is -2.07. The molecule has 0 aliphatic rings. The zero-order valence-electron chi connectivity index (χ0n) is 12.6. The summed E-state index contributed by atoms with van der Waals surface area (Å²) in [6.45, 7) is 0. The molecule has 2 aromatic carbocycles. The molecule has 0 amide bonds. The highest BCUT2D eigenvalue weighted by molar-refractivity contribution is 6.31. The van der Waals surface area contributed by atoms with E-state index in [1.165, 1.54) is 11.3 Å². The van der Waals surface area contributed by atoms with Crippen LogP contribution in [-0.2, 0) is 0 Å². The number of nitrogens with zero attached hydrogens (tertiary/aromatic N) is 2. The molecule has 0 unspecified atom stereocenters. The van der Waals surface area contributed by atoms with Crippen molar-refractivity contribution in [2.45, 2.75) is 0 Å². The van der Waals surface area contributed by atoms with Crippen LogP contribution in [0.15, 0.2) is 54.7 Å². The van der Waals surface area contributed by atoms with Gasteiger partial charge >= 0.3 is 0 Å². The van der Waals surface area contributed by atoms with Gasteiger partial charge in [-0.3, -0.25) is 4.98 Å². The van der Waals surface area contributed by atoms with Gasteiger partial charge in [0.05, 0.1) is 5.52 Å². The third-order valence-corrected chi connectivity index (χ3v) is 3.84. The quantitative estimate of drug-likeness (QED) is 0.667. The van der Waals surface area contributed by atoms with E-state index in [1.807, 2.05) is 44.6 Å². The van der Waals surface area contributed by atoms with E-state index in [1.54, 1.807) is 0 Å². The highest BCUT2D eigenvalue weighted by atomic mass is 35.5. The molecule has 0 N–H and O–H groups in total. The Labute approximate surface area is 135 Å². The second-order valence-electron chi connectivity index (χ2n) is 5.38. The van der Waals surface area contributed by atoms with E-state index in [9.17, 15) is 0 Å². The van der Waals surface area contributed by atoms with Gasteiger partial charge in [-0.25, -0.2) is 0 Å². The fraction of sp³-hybridized carbons (Fsp3) is 0.105. The average Bonchev–Trinajstić information content (AvgIpc) is 2.52. The lowest BCUT2D eigenvalue weighted by molar-refractivity contribution is 1.13. The first kappa shape index (κ1) is 14.6. The lowest BCUT2D eigenvalue weighted by atomic mass is 10.1. The summed E-state index contributed by atoms with van der Waals surface area (Å²) in [6, 6.07) is 16.3. The molecule has 0 spiro atoms.